The third-order valence-electron chi connectivity index (χ3n) is 12.4. The fourth-order valence-electron chi connectivity index (χ4n) is 9.40. The van der Waals surface area contributed by atoms with Crippen molar-refractivity contribution < 1.29 is 37.8 Å². The Hall–Kier alpha value is -5.48. The second kappa shape index (κ2) is 16.0. The Morgan fingerprint density at radius 2 is 1.48 bits per heavy atom. The van der Waals surface area contributed by atoms with Crippen LogP contribution in [0.3, 0.4) is 0 Å². The highest BCUT2D eigenvalue weighted by molar-refractivity contribution is 6.03. The molecule has 0 spiro atoms. The van der Waals surface area contributed by atoms with E-state index in [-0.39, 0.29) is 65.6 Å². The van der Waals surface area contributed by atoms with Gasteiger partial charge in [-0.25, -0.2) is 4.39 Å². The summed E-state index contributed by atoms with van der Waals surface area (Å²) in [6.07, 6.45) is 3.30. The largest absolute Gasteiger partial charge is 0.490 e. The summed E-state index contributed by atoms with van der Waals surface area (Å²) in [4.78, 5) is 51.7. The van der Waals surface area contributed by atoms with Crippen molar-refractivity contribution in [2.24, 2.45) is 10.8 Å². The van der Waals surface area contributed by atoms with E-state index in [1.54, 1.807) is 0 Å². The van der Waals surface area contributed by atoms with Gasteiger partial charge in [-0.2, -0.15) is 5.26 Å². The van der Waals surface area contributed by atoms with Crippen LogP contribution in [-0.4, -0.2) is 73.2 Å². The lowest BCUT2D eigenvalue weighted by Gasteiger charge is -2.63. The number of hydrogen-bond acceptors (Lipinski definition) is 9. The molecular formula is C45H52FN5O7. The number of carbonyl (C=O) groups excluding carboxylic acids is 4. The highest BCUT2D eigenvalue weighted by Crippen LogP contribution is 2.55. The molecule has 7 rings (SSSR count). The Bertz CT molecular complexity index is 2090. The first-order valence-corrected chi connectivity index (χ1v) is 20.1. The van der Waals surface area contributed by atoms with E-state index in [0.717, 1.165) is 48.5 Å². The molecule has 2 aliphatic heterocycles. The lowest BCUT2D eigenvalue weighted by Crippen LogP contribution is -2.74. The van der Waals surface area contributed by atoms with E-state index in [1.165, 1.54) is 18.2 Å². The monoisotopic (exact) mass is 793 g/mol. The Labute approximate surface area is 338 Å². The topological polar surface area (TPSA) is 159 Å². The van der Waals surface area contributed by atoms with Gasteiger partial charge in [0.2, 0.25) is 11.8 Å². The summed E-state index contributed by atoms with van der Waals surface area (Å²) in [7, 11) is 0. The Kier molecular flexibility index (Phi) is 11.3. The predicted octanol–water partition coefficient (Wildman–Crippen LogP) is 6.06. The van der Waals surface area contributed by atoms with Crippen LogP contribution in [-0.2, 0) is 14.3 Å². The number of rotatable bonds is 11. The Morgan fingerprint density at radius 1 is 0.828 bits per heavy atom. The van der Waals surface area contributed by atoms with E-state index in [4.69, 9.17) is 14.2 Å². The van der Waals surface area contributed by atoms with Gasteiger partial charge in [-0.1, -0.05) is 27.7 Å². The van der Waals surface area contributed by atoms with Gasteiger partial charge in [0, 0.05) is 66.5 Å². The molecule has 3 aromatic rings. The molecule has 2 heterocycles. The molecule has 3 N–H and O–H groups in total. The maximum absolute atomic E-state index is 14.8. The van der Waals surface area contributed by atoms with Crippen LogP contribution in [0.5, 0.6) is 11.5 Å². The first-order chi connectivity index (χ1) is 27.5. The van der Waals surface area contributed by atoms with E-state index in [0.29, 0.717) is 29.7 Å². The third kappa shape index (κ3) is 8.25. The van der Waals surface area contributed by atoms with Crippen molar-refractivity contribution in [3.63, 3.8) is 0 Å². The summed E-state index contributed by atoms with van der Waals surface area (Å²) in [6.45, 7) is 14.0. The molecule has 3 aromatic carbocycles. The number of halogens is 1. The molecule has 12 nitrogen and oxygen atoms in total. The van der Waals surface area contributed by atoms with Crippen LogP contribution >= 0.6 is 0 Å². The van der Waals surface area contributed by atoms with Crippen LogP contribution in [0.4, 0.5) is 10.1 Å². The van der Waals surface area contributed by atoms with Crippen molar-refractivity contribution in [2.75, 3.05) is 18.0 Å². The zero-order chi connectivity index (χ0) is 41.5. The molecule has 4 amide bonds. The van der Waals surface area contributed by atoms with Crippen molar-refractivity contribution in [2.45, 2.75) is 117 Å². The van der Waals surface area contributed by atoms with Crippen LogP contribution in [0.2, 0.25) is 0 Å². The van der Waals surface area contributed by atoms with Gasteiger partial charge in [0.25, 0.3) is 11.8 Å². The second-order valence-corrected chi connectivity index (χ2v) is 17.4. The average molecular weight is 794 g/mol. The first-order valence-electron chi connectivity index (χ1n) is 20.1. The number of nitrogens with one attached hydrogen (secondary N) is 3. The van der Waals surface area contributed by atoms with E-state index in [1.807, 2.05) is 50.2 Å². The van der Waals surface area contributed by atoms with Crippen molar-refractivity contribution in [1.82, 2.24) is 16.0 Å². The van der Waals surface area contributed by atoms with Gasteiger partial charge in [0.15, 0.2) is 0 Å². The summed E-state index contributed by atoms with van der Waals surface area (Å²) in [5.74, 6) is -1.55. The molecule has 0 unspecified atom stereocenters. The molecule has 1 atom stereocenters. The van der Waals surface area contributed by atoms with Crippen molar-refractivity contribution >= 4 is 29.3 Å². The number of anilines is 1. The molecule has 2 saturated heterocycles. The molecule has 0 radical (unpaired) electrons. The fourth-order valence-corrected chi connectivity index (χ4v) is 9.40. The normalized spacial score (nSPS) is 25.0. The summed E-state index contributed by atoms with van der Waals surface area (Å²) in [5, 5.41) is 17.4. The number of benzene rings is 3. The molecule has 58 heavy (non-hydrogen) atoms. The van der Waals surface area contributed by atoms with Gasteiger partial charge in [-0.15, -0.1) is 0 Å². The second-order valence-electron chi connectivity index (χ2n) is 17.4. The number of amides is 4. The third-order valence-corrected chi connectivity index (χ3v) is 12.4. The average Bonchev–Trinajstić information content (AvgIpc) is 3.16. The molecule has 2 saturated carbocycles. The highest BCUT2D eigenvalue weighted by Gasteiger charge is 2.64. The zero-order valence-corrected chi connectivity index (χ0v) is 33.9. The standard InChI is InChI=1S/C45H52FN5O7/c1-25-19-31(20-26(2)35(25)24-47)58-43-44(3,4)42(45(43,5)6)50-39(53)27-7-9-28(10-8-27)51-17-15-29(16-18-51)56-32-21-33(22-32)57-30-11-12-34(36(46)23-30)40(54)48-37-13-14-38(52)49-41(37)55/h7-12,19-20,23,29,32-33,37,42-43H,13-18,21-22H2,1-6H3,(H,48,54)(H,50,53)(H,49,52,55)/t32?,33?,37-,42?,43?/m0/s1. The predicted molar refractivity (Wildman–Crippen MR) is 214 cm³/mol. The molecule has 2 aliphatic carbocycles. The molecule has 0 aromatic heterocycles. The summed E-state index contributed by atoms with van der Waals surface area (Å²) < 4.78 is 33.7. The minimum atomic E-state index is -0.890. The van der Waals surface area contributed by atoms with E-state index < -0.39 is 29.6 Å². The van der Waals surface area contributed by atoms with Crippen LogP contribution in [0.1, 0.15) is 104 Å². The maximum Gasteiger partial charge on any atom is 0.254 e. The molecular weight excluding hydrogens is 742 g/mol. The van der Waals surface area contributed by atoms with Gasteiger partial charge in [0.05, 0.1) is 29.4 Å². The number of carbonyl (C=O) groups is 4. The summed E-state index contributed by atoms with van der Waals surface area (Å²) >= 11 is 0. The minimum absolute atomic E-state index is 0.0552. The highest BCUT2D eigenvalue weighted by atomic mass is 19.1. The van der Waals surface area contributed by atoms with E-state index >= 15 is 0 Å². The number of imide groups is 1. The molecule has 13 heteroatoms. The number of nitrogens with zero attached hydrogens (tertiary/aromatic N) is 2. The molecule has 4 aliphatic rings. The van der Waals surface area contributed by atoms with Gasteiger partial charge in [-0.3, -0.25) is 24.5 Å². The first kappa shape index (κ1) is 40.7. The zero-order valence-electron chi connectivity index (χ0n) is 33.9. The van der Waals surface area contributed by atoms with Crippen LogP contribution in [0, 0.1) is 41.8 Å². The molecule has 306 valence electrons. The number of aryl methyl sites for hydroxylation is 2. The van der Waals surface area contributed by atoms with Crippen molar-refractivity contribution in [1.29, 1.82) is 5.26 Å². The fraction of sp³-hybridized carbons (Fsp3) is 0.489. The Morgan fingerprint density at radius 3 is 2.09 bits per heavy atom. The van der Waals surface area contributed by atoms with Crippen LogP contribution in [0.15, 0.2) is 54.6 Å². The van der Waals surface area contributed by atoms with Gasteiger partial charge in [-0.05, 0) is 92.8 Å². The van der Waals surface area contributed by atoms with E-state index in [2.05, 4.69) is 54.6 Å². The molecule has 0 bridgehead atoms. The number of piperidine rings is 2. The summed E-state index contributed by atoms with van der Waals surface area (Å²) in [6, 6.07) is 16.9. The van der Waals surface area contributed by atoms with Gasteiger partial charge >= 0.3 is 0 Å². The number of hydrogen-bond donors (Lipinski definition) is 3. The lowest BCUT2D eigenvalue weighted by atomic mass is 9.49. The molecule has 4 fully saturated rings. The number of ether oxygens (including phenoxy) is 3. The maximum atomic E-state index is 14.8. The summed E-state index contributed by atoms with van der Waals surface area (Å²) in [5.41, 5.74) is 3.24. The quantitative estimate of drug-likeness (QED) is 0.196. The van der Waals surface area contributed by atoms with Crippen molar-refractivity contribution in [3.05, 3.63) is 88.2 Å². The van der Waals surface area contributed by atoms with Crippen LogP contribution < -0.4 is 30.3 Å². The van der Waals surface area contributed by atoms with Gasteiger partial charge < -0.3 is 29.7 Å². The lowest BCUT2D eigenvalue weighted by molar-refractivity contribution is -0.164. The van der Waals surface area contributed by atoms with E-state index in [9.17, 15) is 28.8 Å². The Balaban J connectivity index is 0.831. The van der Waals surface area contributed by atoms with Gasteiger partial charge in [0.1, 0.15) is 35.6 Å². The number of nitriles is 1. The SMILES string of the molecule is Cc1cc(OC2C(C)(C)C(NC(=O)c3ccc(N4CCC(OC5CC(Oc6ccc(C(=O)N[C@H]7CCC(=O)NC7=O)c(F)c6)C5)CC4)cc3)C2(C)C)cc(C)c1C#N. The minimum Gasteiger partial charge on any atom is -0.490 e. The van der Waals surface area contributed by atoms with Crippen LogP contribution in [0.25, 0.3) is 0 Å². The smallest absolute Gasteiger partial charge is 0.254 e. The van der Waals surface area contributed by atoms with Crippen molar-refractivity contribution in [3.8, 4) is 17.6 Å².